The van der Waals surface area contributed by atoms with Crippen molar-refractivity contribution in [3.8, 4) is 0 Å². The highest BCUT2D eigenvalue weighted by atomic mass is 79.9. The molecule has 1 atom stereocenters. The lowest BCUT2D eigenvalue weighted by atomic mass is 10.2. The number of hydrogen-bond acceptors (Lipinski definition) is 2. The van der Waals surface area contributed by atoms with Gasteiger partial charge >= 0.3 is 0 Å². The summed E-state index contributed by atoms with van der Waals surface area (Å²) in [6, 6.07) is 4.44. The van der Waals surface area contributed by atoms with E-state index in [0.717, 1.165) is 0 Å². The highest BCUT2D eigenvalue weighted by molar-refractivity contribution is 9.10. The second kappa shape index (κ2) is 7.63. The van der Waals surface area contributed by atoms with Crippen LogP contribution in [0.3, 0.4) is 0 Å². The average Bonchev–Trinajstić information content (AvgIpc) is 2.28. The van der Waals surface area contributed by atoms with Crippen molar-refractivity contribution in [2.75, 3.05) is 13.6 Å². The van der Waals surface area contributed by atoms with Crippen molar-refractivity contribution in [3.63, 3.8) is 0 Å². The van der Waals surface area contributed by atoms with E-state index in [4.69, 9.17) is 0 Å². The fourth-order valence-electron chi connectivity index (χ4n) is 1.11. The zero-order chi connectivity index (χ0) is 12.1. The maximum Gasteiger partial charge on any atom is 0.254 e. The molecular formula is C11H15BrClFN2O. The summed E-state index contributed by atoms with van der Waals surface area (Å²) in [7, 11) is 1.80. The third-order valence-electron chi connectivity index (χ3n) is 2.23. The van der Waals surface area contributed by atoms with Gasteiger partial charge in [0.15, 0.2) is 0 Å². The maximum atomic E-state index is 13.3. The molecule has 1 unspecified atom stereocenters. The molecule has 0 aliphatic carbocycles. The first kappa shape index (κ1) is 16.4. The van der Waals surface area contributed by atoms with Crippen LogP contribution in [-0.2, 0) is 0 Å². The lowest BCUT2D eigenvalue weighted by Crippen LogP contribution is -2.37. The van der Waals surface area contributed by atoms with E-state index >= 15 is 0 Å². The first-order chi connectivity index (χ1) is 7.54. The molecule has 0 bridgehead atoms. The number of carbonyl (C=O) groups excluding carboxylic acids is 1. The highest BCUT2D eigenvalue weighted by Crippen LogP contribution is 2.15. The SMILES string of the molecule is CNC(C)CNC(=O)c1cc(Br)ccc1F.Cl. The minimum Gasteiger partial charge on any atom is -0.350 e. The van der Waals surface area contributed by atoms with Gasteiger partial charge in [-0.05, 0) is 32.2 Å². The van der Waals surface area contributed by atoms with Crippen molar-refractivity contribution in [1.29, 1.82) is 0 Å². The first-order valence-electron chi connectivity index (χ1n) is 4.95. The summed E-state index contributed by atoms with van der Waals surface area (Å²) in [6.45, 7) is 2.39. The van der Waals surface area contributed by atoms with E-state index in [-0.39, 0.29) is 24.0 Å². The Morgan fingerprint density at radius 2 is 2.18 bits per heavy atom. The lowest BCUT2D eigenvalue weighted by Gasteiger charge is -2.11. The van der Waals surface area contributed by atoms with Gasteiger partial charge in [0.05, 0.1) is 5.56 Å². The summed E-state index contributed by atoms with van der Waals surface area (Å²) in [5.74, 6) is -0.918. The molecule has 6 heteroatoms. The topological polar surface area (TPSA) is 41.1 Å². The van der Waals surface area contributed by atoms with Crippen molar-refractivity contribution < 1.29 is 9.18 Å². The van der Waals surface area contributed by atoms with Gasteiger partial charge in [-0.15, -0.1) is 12.4 Å². The largest absolute Gasteiger partial charge is 0.350 e. The molecular weight excluding hydrogens is 310 g/mol. The van der Waals surface area contributed by atoms with Crippen LogP contribution >= 0.6 is 28.3 Å². The van der Waals surface area contributed by atoms with Gasteiger partial charge in [-0.3, -0.25) is 4.79 Å². The van der Waals surface area contributed by atoms with E-state index < -0.39 is 11.7 Å². The molecule has 0 spiro atoms. The van der Waals surface area contributed by atoms with Crippen molar-refractivity contribution in [3.05, 3.63) is 34.1 Å². The molecule has 1 rings (SSSR count). The van der Waals surface area contributed by atoms with Gasteiger partial charge in [0.25, 0.3) is 5.91 Å². The number of rotatable bonds is 4. The number of carbonyl (C=O) groups is 1. The van der Waals surface area contributed by atoms with Crippen molar-refractivity contribution in [1.82, 2.24) is 10.6 Å². The molecule has 0 aromatic heterocycles. The molecule has 1 amide bonds. The van der Waals surface area contributed by atoms with Crippen LogP contribution in [0.1, 0.15) is 17.3 Å². The van der Waals surface area contributed by atoms with Crippen LogP contribution in [0.15, 0.2) is 22.7 Å². The molecule has 0 heterocycles. The molecule has 0 saturated heterocycles. The Bertz CT molecular complexity index is 390. The number of likely N-dealkylation sites (N-methyl/N-ethyl adjacent to an activating group) is 1. The van der Waals surface area contributed by atoms with E-state index in [9.17, 15) is 9.18 Å². The third kappa shape index (κ3) is 5.02. The Hall–Kier alpha value is -0.650. The standard InChI is InChI=1S/C11H14BrFN2O.ClH/c1-7(14-2)6-15-11(16)9-5-8(12)3-4-10(9)13;/h3-5,7,14H,6H2,1-2H3,(H,15,16);1H. The van der Waals surface area contributed by atoms with E-state index in [0.29, 0.717) is 11.0 Å². The fraction of sp³-hybridized carbons (Fsp3) is 0.364. The van der Waals surface area contributed by atoms with Crippen molar-refractivity contribution in [2.24, 2.45) is 0 Å². The van der Waals surface area contributed by atoms with Crippen LogP contribution in [-0.4, -0.2) is 25.5 Å². The summed E-state index contributed by atoms with van der Waals surface area (Å²) in [5, 5.41) is 5.64. The van der Waals surface area contributed by atoms with Gasteiger partial charge in [0.1, 0.15) is 5.82 Å². The minimum atomic E-state index is -0.516. The van der Waals surface area contributed by atoms with Crippen LogP contribution in [0.4, 0.5) is 4.39 Å². The molecule has 96 valence electrons. The number of amides is 1. The number of nitrogens with one attached hydrogen (secondary N) is 2. The quantitative estimate of drug-likeness (QED) is 0.892. The molecule has 3 nitrogen and oxygen atoms in total. The van der Waals surface area contributed by atoms with Gasteiger partial charge in [-0.2, -0.15) is 0 Å². The number of benzene rings is 1. The second-order valence-electron chi connectivity index (χ2n) is 3.52. The molecule has 2 N–H and O–H groups in total. The van der Waals surface area contributed by atoms with Gasteiger partial charge in [-0.1, -0.05) is 15.9 Å². The summed E-state index contributed by atoms with van der Waals surface area (Å²) < 4.78 is 14.0. The zero-order valence-corrected chi connectivity index (χ0v) is 12.0. The predicted octanol–water partition coefficient (Wildman–Crippen LogP) is 2.35. The van der Waals surface area contributed by atoms with Crippen LogP contribution in [0.5, 0.6) is 0 Å². The predicted molar refractivity (Wildman–Crippen MR) is 72.2 cm³/mol. The Labute approximate surface area is 115 Å². The first-order valence-corrected chi connectivity index (χ1v) is 5.74. The van der Waals surface area contributed by atoms with E-state index in [1.165, 1.54) is 12.1 Å². The number of halogens is 3. The Kier molecular flexibility index (Phi) is 7.34. The molecule has 0 fully saturated rings. The summed E-state index contributed by atoms with van der Waals surface area (Å²) >= 11 is 3.20. The molecule has 0 aliphatic heterocycles. The van der Waals surface area contributed by atoms with Crippen molar-refractivity contribution in [2.45, 2.75) is 13.0 Å². The van der Waals surface area contributed by atoms with E-state index in [2.05, 4.69) is 26.6 Å². The summed E-state index contributed by atoms with van der Waals surface area (Å²) in [6.07, 6.45) is 0. The zero-order valence-electron chi connectivity index (χ0n) is 9.59. The number of hydrogen-bond donors (Lipinski definition) is 2. The summed E-state index contributed by atoms with van der Waals surface area (Å²) in [5.41, 5.74) is 0.0534. The van der Waals surface area contributed by atoms with Gasteiger partial charge in [-0.25, -0.2) is 4.39 Å². The van der Waals surface area contributed by atoms with Crippen LogP contribution in [0.2, 0.25) is 0 Å². The van der Waals surface area contributed by atoms with E-state index in [1.54, 1.807) is 13.1 Å². The van der Waals surface area contributed by atoms with E-state index in [1.807, 2.05) is 6.92 Å². The molecule has 17 heavy (non-hydrogen) atoms. The normalized spacial score (nSPS) is 11.5. The van der Waals surface area contributed by atoms with Gasteiger partial charge < -0.3 is 10.6 Å². The smallest absolute Gasteiger partial charge is 0.254 e. The van der Waals surface area contributed by atoms with Crippen LogP contribution in [0, 0.1) is 5.82 Å². The lowest BCUT2D eigenvalue weighted by molar-refractivity contribution is 0.0946. The Morgan fingerprint density at radius 1 is 1.53 bits per heavy atom. The average molecular weight is 326 g/mol. The van der Waals surface area contributed by atoms with Crippen molar-refractivity contribution >= 4 is 34.2 Å². The monoisotopic (exact) mass is 324 g/mol. The highest BCUT2D eigenvalue weighted by Gasteiger charge is 2.12. The van der Waals surface area contributed by atoms with Crippen LogP contribution < -0.4 is 10.6 Å². The van der Waals surface area contributed by atoms with Gasteiger partial charge in [0, 0.05) is 17.1 Å². The molecule has 0 aliphatic rings. The third-order valence-corrected chi connectivity index (χ3v) is 2.73. The summed E-state index contributed by atoms with van der Waals surface area (Å²) in [4.78, 5) is 11.6. The van der Waals surface area contributed by atoms with Crippen LogP contribution in [0.25, 0.3) is 0 Å². The molecule has 0 radical (unpaired) electrons. The Morgan fingerprint density at radius 3 is 2.76 bits per heavy atom. The minimum absolute atomic E-state index is 0. The Balaban J connectivity index is 0.00000256. The second-order valence-corrected chi connectivity index (χ2v) is 4.44. The fourth-order valence-corrected chi connectivity index (χ4v) is 1.48. The maximum absolute atomic E-state index is 13.3. The molecule has 1 aromatic carbocycles. The molecule has 1 aromatic rings. The molecule has 0 saturated carbocycles. The van der Waals surface area contributed by atoms with Gasteiger partial charge in [0.2, 0.25) is 0 Å².